The van der Waals surface area contributed by atoms with Crippen LogP contribution in [0.3, 0.4) is 0 Å². The normalized spacial score (nSPS) is 10.4. The van der Waals surface area contributed by atoms with E-state index in [0.29, 0.717) is 16.7 Å². The van der Waals surface area contributed by atoms with Gasteiger partial charge in [-0.15, -0.1) is 4.91 Å². The van der Waals surface area contributed by atoms with Crippen LogP contribution in [0.25, 0.3) is 11.0 Å². The number of fused-ring (bicyclic) bond motifs is 1. The lowest BCUT2D eigenvalue weighted by Crippen LogP contribution is -1.95. The molecule has 0 saturated heterocycles. The molecule has 14 heavy (non-hydrogen) atoms. The maximum Gasteiger partial charge on any atom is 0.137 e. The van der Waals surface area contributed by atoms with E-state index in [9.17, 15) is 4.91 Å². The van der Waals surface area contributed by atoms with Crippen LogP contribution < -0.4 is 5.48 Å². The molecule has 0 unspecified atom stereocenters. The van der Waals surface area contributed by atoms with Crippen molar-refractivity contribution in [3.63, 3.8) is 0 Å². The van der Waals surface area contributed by atoms with Crippen molar-refractivity contribution < 1.29 is 4.84 Å². The van der Waals surface area contributed by atoms with Gasteiger partial charge in [-0.1, -0.05) is 0 Å². The van der Waals surface area contributed by atoms with E-state index in [1.807, 2.05) is 0 Å². The number of nitrogens with one attached hydrogen (secondary N) is 1. The molecule has 0 bridgehead atoms. The van der Waals surface area contributed by atoms with Crippen LogP contribution >= 0.6 is 11.7 Å². The molecule has 0 aliphatic rings. The fourth-order valence-corrected chi connectivity index (χ4v) is 1.69. The quantitative estimate of drug-likeness (QED) is 0.619. The van der Waals surface area contributed by atoms with Gasteiger partial charge in [0, 0.05) is 0 Å². The maximum atomic E-state index is 10.4. The highest BCUT2D eigenvalue weighted by Gasteiger charge is 2.10. The molecule has 2 rings (SSSR count). The third-order valence-electron chi connectivity index (χ3n) is 1.70. The summed E-state index contributed by atoms with van der Waals surface area (Å²) in [5, 5.41) is 2.86. The largest absolute Gasteiger partial charge is 0.279 e. The second-order valence-electron chi connectivity index (χ2n) is 2.49. The molecule has 0 aliphatic carbocycles. The van der Waals surface area contributed by atoms with E-state index < -0.39 is 0 Å². The highest BCUT2D eigenvalue weighted by molar-refractivity contribution is 7.00. The van der Waals surface area contributed by atoms with Gasteiger partial charge in [-0.25, -0.2) is 0 Å². The number of nitroso groups, excluding NO2 is 1. The van der Waals surface area contributed by atoms with Gasteiger partial charge in [0.05, 0.1) is 24.5 Å². The van der Waals surface area contributed by atoms with Crippen molar-refractivity contribution in [2.75, 3.05) is 12.6 Å². The number of benzene rings is 1. The molecule has 0 saturated carbocycles. The molecule has 0 spiro atoms. The van der Waals surface area contributed by atoms with Gasteiger partial charge >= 0.3 is 0 Å². The Balaban J connectivity index is 2.65. The van der Waals surface area contributed by atoms with Crippen LogP contribution in [0.5, 0.6) is 0 Å². The first kappa shape index (κ1) is 8.97. The van der Waals surface area contributed by atoms with Crippen molar-refractivity contribution in [1.82, 2.24) is 8.75 Å². The molecular weight excluding hydrogens is 204 g/mol. The third-order valence-corrected chi connectivity index (χ3v) is 2.23. The van der Waals surface area contributed by atoms with E-state index in [0.717, 1.165) is 11.7 Å². The molecule has 6 nitrogen and oxygen atoms in total. The predicted molar refractivity (Wildman–Crippen MR) is 53.5 cm³/mol. The maximum absolute atomic E-state index is 10.4. The molecule has 0 fully saturated rings. The Bertz CT molecular complexity index is 470. The van der Waals surface area contributed by atoms with Crippen molar-refractivity contribution >= 4 is 34.1 Å². The van der Waals surface area contributed by atoms with Crippen LogP contribution in [-0.2, 0) is 4.84 Å². The zero-order valence-corrected chi connectivity index (χ0v) is 8.04. The third kappa shape index (κ3) is 1.32. The van der Waals surface area contributed by atoms with E-state index >= 15 is 0 Å². The van der Waals surface area contributed by atoms with Crippen molar-refractivity contribution in [2.45, 2.75) is 0 Å². The molecule has 1 aromatic carbocycles. The van der Waals surface area contributed by atoms with Crippen LogP contribution in [0.1, 0.15) is 0 Å². The SMILES string of the molecule is CONc1ccc(N=O)c2nsnc12. The molecule has 1 aromatic heterocycles. The Morgan fingerprint density at radius 3 is 2.93 bits per heavy atom. The van der Waals surface area contributed by atoms with E-state index in [4.69, 9.17) is 4.84 Å². The van der Waals surface area contributed by atoms with Gasteiger partial charge in [0.2, 0.25) is 0 Å². The van der Waals surface area contributed by atoms with Gasteiger partial charge < -0.3 is 0 Å². The first-order chi connectivity index (χ1) is 6.86. The van der Waals surface area contributed by atoms with Gasteiger partial charge in [-0.05, 0) is 17.3 Å². The molecule has 7 heteroatoms. The van der Waals surface area contributed by atoms with E-state index in [-0.39, 0.29) is 5.69 Å². The molecule has 0 atom stereocenters. The Hall–Kier alpha value is -1.60. The Morgan fingerprint density at radius 2 is 2.21 bits per heavy atom. The standard InChI is InChI=1S/C7H6N4O2S/c1-13-9-5-3-2-4(8-12)6-7(5)11-14-10-6/h2-3,9H,1H3. The summed E-state index contributed by atoms with van der Waals surface area (Å²) in [6.07, 6.45) is 0. The molecular formula is C7H6N4O2S. The number of aromatic nitrogens is 2. The minimum Gasteiger partial charge on any atom is -0.279 e. The molecule has 0 amide bonds. The molecule has 2 aromatic rings. The summed E-state index contributed by atoms with van der Waals surface area (Å²) in [5.74, 6) is 0. The van der Waals surface area contributed by atoms with Crippen molar-refractivity contribution in [1.29, 1.82) is 0 Å². The van der Waals surface area contributed by atoms with Gasteiger partial charge in [-0.3, -0.25) is 10.3 Å². The van der Waals surface area contributed by atoms with Gasteiger partial charge in [0.25, 0.3) is 0 Å². The van der Waals surface area contributed by atoms with Crippen molar-refractivity contribution in [3.8, 4) is 0 Å². The van der Waals surface area contributed by atoms with E-state index in [2.05, 4.69) is 19.4 Å². The second kappa shape index (κ2) is 3.64. The summed E-state index contributed by atoms with van der Waals surface area (Å²) in [5.41, 5.74) is 4.69. The summed E-state index contributed by atoms with van der Waals surface area (Å²) in [4.78, 5) is 15.2. The zero-order chi connectivity index (χ0) is 9.97. The average Bonchev–Trinajstić information content (AvgIpc) is 2.67. The minimum absolute atomic E-state index is 0.287. The molecule has 0 aliphatic heterocycles. The summed E-state index contributed by atoms with van der Waals surface area (Å²) in [6, 6.07) is 3.24. The van der Waals surface area contributed by atoms with E-state index in [1.54, 1.807) is 12.1 Å². The Kier molecular flexibility index (Phi) is 2.33. The number of anilines is 1. The fourth-order valence-electron chi connectivity index (χ4n) is 1.12. The molecule has 1 heterocycles. The highest BCUT2D eigenvalue weighted by Crippen LogP contribution is 2.29. The minimum atomic E-state index is 0.287. The van der Waals surface area contributed by atoms with Crippen LogP contribution in [0.15, 0.2) is 17.3 Å². The van der Waals surface area contributed by atoms with Gasteiger partial charge in [0.15, 0.2) is 0 Å². The zero-order valence-electron chi connectivity index (χ0n) is 7.22. The first-order valence-corrected chi connectivity index (χ1v) is 4.47. The van der Waals surface area contributed by atoms with Gasteiger partial charge in [0.1, 0.15) is 16.7 Å². The smallest absolute Gasteiger partial charge is 0.137 e. The predicted octanol–water partition coefficient (Wildman–Crippen LogP) is 2.06. The van der Waals surface area contributed by atoms with Crippen LogP contribution in [0, 0.1) is 4.91 Å². The first-order valence-electron chi connectivity index (χ1n) is 3.74. The monoisotopic (exact) mass is 210 g/mol. The summed E-state index contributed by atoms with van der Waals surface area (Å²) >= 11 is 1.03. The summed E-state index contributed by atoms with van der Waals surface area (Å²) in [7, 11) is 1.50. The summed E-state index contributed by atoms with van der Waals surface area (Å²) in [6.45, 7) is 0. The number of hydrogen-bond donors (Lipinski definition) is 1. The highest BCUT2D eigenvalue weighted by atomic mass is 32.1. The Labute approximate surface area is 83.2 Å². The topological polar surface area (TPSA) is 76.5 Å². The van der Waals surface area contributed by atoms with Crippen LogP contribution in [-0.4, -0.2) is 15.9 Å². The molecule has 0 radical (unpaired) electrons. The van der Waals surface area contributed by atoms with Crippen molar-refractivity contribution in [2.24, 2.45) is 5.18 Å². The number of rotatable bonds is 3. The molecule has 72 valence electrons. The van der Waals surface area contributed by atoms with Crippen LogP contribution in [0.2, 0.25) is 0 Å². The van der Waals surface area contributed by atoms with Crippen LogP contribution in [0.4, 0.5) is 11.4 Å². The lowest BCUT2D eigenvalue weighted by atomic mass is 10.2. The van der Waals surface area contributed by atoms with Crippen molar-refractivity contribution in [3.05, 3.63) is 17.0 Å². The van der Waals surface area contributed by atoms with Gasteiger partial charge in [-0.2, -0.15) is 8.75 Å². The number of hydrogen-bond acceptors (Lipinski definition) is 7. The Morgan fingerprint density at radius 1 is 1.43 bits per heavy atom. The van der Waals surface area contributed by atoms with E-state index in [1.165, 1.54) is 7.11 Å². The molecule has 1 N–H and O–H groups in total. The summed E-state index contributed by atoms with van der Waals surface area (Å²) < 4.78 is 8.01. The number of nitrogens with zero attached hydrogens (tertiary/aromatic N) is 3. The second-order valence-corrected chi connectivity index (χ2v) is 3.02. The lowest BCUT2D eigenvalue weighted by molar-refractivity contribution is 0.271. The lowest BCUT2D eigenvalue weighted by Gasteiger charge is -2.02. The average molecular weight is 210 g/mol. The fraction of sp³-hybridized carbons (Fsp3) is 0.143.